The number of carbonyl (C=O) groups is 2. The first-order valence-electron chi connectivity index (χ1n) is 6.24. The van der Waals surface area contributed by atoms with E-state index in [4.69, 9.17) is 19.7 Å². The molecule has 6 heteroatoms. The summed E-state index contributed by atoms with van der Waals surface area (Å²) in [6.45, 7) is -0.294. The lowest BCUT2D eigenvalue weighted by molar-refractivity contribution is -0.156. The van der Waals surface area contributed by atoms with Crippen molar-refractivity contribution in [1.82, 2.24) is 0 Å². The molecule has 18 heavy (non-hydrogen) atoms. The van der Waals surface area contributed by atoms with Crippen molar-refractivity contribution in [2.24, 2.45) is 11.8 Å². The number of aliphatic hydroxyl groups excluding tert-OH is 2. The van der Waals surface area contributed by atoms with Crippen molar-refractivity contribution in [3.8, 4) is 0 Å². The molecule has 0 bridgehead atoms. The van der Waals surface area contributed by atoms with Crippen LogP contribution < -0.4 is 0 Å². The predicted octanol–water partition coefficient (Wildman–Crippen LogP) is -0.136. The van der Waals surface area contributed by atoms with Gasteiger partial charge in [0.25, 0.3) is 0 Å². The molecule has 0 atom stereocenters. The standard InChI is InChI=1S/C12H20O6/c13-5-7-17-11(15)9-1-2-10(4-3-9)12(16)18-8-6-14/h9-10,13-14H,1-8H2. The summed E-state index contributed by atoms with van der Waals surface area (Å²) in [6, 6.07) is 0. The summed E-state index contributed by atoms with van der Waals surface area (Å²) >= 11 is 0. The first-order chi connectivity index (χ1) is 8.69. The van der Waals surface area contributed by atoms with Crippen LogP contribution in [0.5, 0.6) is 0 Å². The van der Waals surface area contributed by atoms with Gasteiger partial charge in [-0.15, -0.1) is 0 Å². The van der Waals surface area contributed by atoms with Gasteiger partial charge in [-0.1, -0.05) is 0 Å². The fraction of sp³-hybridized carbons (Fsp3) is 0.833. The summed E-state index contributed by atoms with van der Waals surface area (Å²) in [4.78, 5) is 23.0. The van der Waals surface area contributed by atoms with Gasteiger partial charge in [0.2, 0.25) is 0 Å². The highest BCUT2D eigenvalue weighted by molar-refractivity contribution is 5.75. The van der Waals surface area contributed by atoms with Crippen LogP contribution in [-0.2, 0) is 19.1 Å². The van der Waals surface area contributed by atoms with Crippen molar-refractivity contribution in [3.05, 3.63) is 0 Å². The maximum Gasteiger partial charge on any atom is 0.309 e. The first-order valence-corrected chi connectivity index (χ1v) is 6.24. The van der Waals surface area contributed by atoms with Crippen LogP contribution in [-0.4, -0.2) is 48.6 Å². The van der Waals surface area contributed by atoms with Gasteiger partial charge in [-0.05, 0) is 25.7 Å². The van der Waals surface area contributed by atoms with Crippen molar-refractivity contribution in [3.63, 3.8) is 0 Å². The fourth-order valence-electron chi connectivity index (χ4n) is 2.09. The lowest BCUT2D eigenvalue weighted by atomic mass is 9.82. The van der Waals surface area contributed by atoms with Crippen LogP contribution in [0.4, 0.5) is 0 Å². The van der Waals surface area contributed by atoms with Crippen LogP contribution in [0, 0.1) is 11.8 Å². The molecule has 1 aliphatic carbocycles. The molecule has 2 N–H and O–H groups in total. The monoisotopic (exact) mass is 260 g/mol. The highest BCUT2D eigenvalue weighted by Crippen LogP contribution is 2.30. The number of rotatable bonds is 6. The second-order valence-corrected chi connectivity index (χ2v) is 4.33. The van der Waals surface area contributed by atoms with E-state index < -0.39 is 0 Å². The number of esters is 2. The number of carbonyl (C=O) groups excluding carboxylic acids is 2. The SMILES string of the molecule is O=C(OCCO)C1CCC(C(=O)OCCO)CC1. The molecule has 0 spiro atoms. The van der Waals surface area contributed by atoms with Crippen LogP contribution in [0.2, 0.25) is 0 Å². The molecule has 1 saturated carbocycles. The van der Waals surface area contributed by atoms with Gasteiger partial charge in [0, 0.05) is 0 Å². The van der Waals surface area contributed by atoms with Crippen LogP contribution in [0.25, 0.3) is 0 Å². The lowest BCUT2D eigenvalue weighted by Gasteiger charge is -2.25. The summed E-state index contributed by atoms with van der Waals surface area (Å²) in [5.74, 6) is -0.964. The van der Waals surface area contributed by atoms with E-state index in [0.717, 1.165) is 0 Å². The Kier molecular flexibility index (Phi) is 6.67. The van der Waals surface area contributed by atoms with Crippen LogP contribution in [0.3, 0.4) is 0 Å². The van der Waals surface area contributed by atoms with Crippen LogP contribution in [0.15, 0.2) is 0 Å². The molecule has 0 aliphatic heterocycles. The smallest absolute Gasteiger partial charge is 0.309 e. The van der Waals surface area contributed by atoms with Crippen LogP contribution >= 0.6 is 0 Å². The summed E-state index contributed by atoms with van der Waals surface area (Å²) in [7, 11) is 0. The molecular weight excluding hydrogens is 240 g/mol. The Morgan fingerprint density at radius 3 is 1.44 bits per heavy atom. The molecule has 0 aromatic heterocycles. The lowest BCUT2D eigenvalue weighted by Crippen LogP contribution is -2.29. The molecular formula is C12H20O6. The summed E-state index contributed by atoms with van der Waals surface area (Å²) in [6.07, 6.45) is 2.40. The Labute approximate surface area is 106 Å². The summed E-state index contributed by atoms with van der Waals surface area (Å²) in [5, 5.41) is 17.1. The van der Waals surface area contributed by atoms with Gasteiger partial charge in [0.15, 0.2) is 0 Å². The first kappa shape index (κ1) is 14.9. The zero-order valence-corrected chi connectivity index (χ0v) is 10.3. The topological polar surface area (TPSA) is 93.1 Å². The minimum absolute atomic E-state index is 0.0251. The third-order valence-electron chi connectivity index (χ3n) is 3.07. The maximum atomic E-state index is 11.5. The minimum Gasteiger partial charge on any atom is -0.463 e. The molecule has 0 radical (unpaired) electrons. The average molecular weight is 260 g/mol. The van der Waals surface area contributed by atoms with E-state index in [-0.39, 0.29) is 50.2 Å². The van der Waals surface area contributed by atoms with Gasteiger partial charge in [-0.25, -0.2) is 0 Å². The van der Waals surface area contributed by atoms with Crippen molar-refractivity contribution in [2.75, 3.05) is 26.4 Å². The molecule has 6 nitrogen and oxygen atoms in total. The van der Waals surface area contributed by atoms with Crippen molar-refractivity contribution in [1.29, 1.82) is 0 Å². The fourth-order valence-corrected chi connectivity index (χ4v) is 2.09. The molecule has 0 aromatic carbocycles. The normalized spacial score (nSPS) is 23.4. The van der Waals surface area contributed by atoms with E-state index in [2.05, 4.69) is 0 Å². The molecule has 0 unspecified atom stereocenters. The van der Waals surface area contributed by atoms with Gasteiger partial charge >= 0.3 is 11.9 Å². The number of ether oxygens (including phenoxy) is 2. The summed E-state index contributed by atoms with van der Waals surface area (Å²) < 4.78 is 9.71. The zero-order chi connectivity index (χ0) is 13.4. The quantitative estimate of drug-likeness (QED) is 0.646. The second kappa shape index (κ2) is 8.05. The van der Waals surface area contributed by atoms with Crippen molar-refractivity contribution >= 4 is 11.9 Å². The Morgan fingerprint density at radius 1 is 0.833 bits per heavy atom. The summed E-state index contributed by atoms with van der Waals surface area (Å²) in [5.41, 5.74) is 0. The third kappa shape index (κ3) is 4.62. The number of hydrogen-bond donors (Lipinski definition) is 2. The van der Waals surface area contributed by atoms with E-state index in [1.807, 2.05) is 0 Å². The zero-order valence-electron chi connectivity index (χ0n) is 10.3. The van der Waals surface area contributed by atoms with Gasteiger partial charge in [-0.2, -0.15) is 0 Å². The van der Waals surface area contributed by atoms with E-state index >= 15 is 0 Å². The molecule has 104 valence electrons. The van der Waals surface area contributed by atoms with E-state index in [9.17, 15) is 9.59 Å². The number of aliphatic hydroxyl groups is 2. The van der Waals surface area contributed by atoms with Crippen LogP contribution in [0.1, 0.15) is 25.7 Å². The van der Waals surface area contributed by atoms with Crippen molar-refractivity contribution in [2.45, 2.75) is 25.7 Å². The van der Waals surface area contributed by atoms with Gasteiger partial charge in [-0.3, -0.25) is 9.59 Å². The third-order valence-corrected chi connectivity index (χ3v) is 3.07. The molecule has 1 rings (SSSR count). The highest BCUT2D eigenvalue weighted by Gasteiger charge is 2.31. The molecule has 0 amide bonds. The molecule has 1 fully saturated rings. The molecule has 0 aromatic rings. The second-order valence-electron chi connectivity index (χ2n) is 4.33. The predicted molar refractivity (Wildman–Crippen MR) is 61.5 cm³/mol. The minimum atomic E-state index is -0.300. The Morgan fingerprint density at radius 2 is 1.17 bits per heavy atom. The Bertz CT molecular complexity index is 242. The Hall–Kier alpha value is -1.14. The Balaban J connectivity index is 2.27. The largest absolute Gasteiger partial charge is 0.463 e. The highest BCUT2D eigenvalue weighted by atomic mass is 16.5. The van der Waals surface area contributed by atoms with E-state index in [1.165, 1.54) is 0 Å². The van der Waals surface area contributed by atoms with Crippen molar-refractivity contribution < 1.29 is 29.3 Å². The molecule has 0 heterocycles. The van der Waals surface area contributed by atoms with Gasteiger partial charge in [0.1, 0.15) is 13.2 Å². The molecule has 0 saturated heterocycles. The molecule has 1 aliphatic rings. The number of hydrogen-bond acceptors (Lipinski definition) is 6. The van der Waals surface area contributed by atoms with E-state index in [0.29, 0.717) is 25.7 Å². The average Bonchev–Trinajstić information content (AvgIpc) is 2.42. The maximum absolute atomic E-state index is 11.5. The van der Waals surface area contributed by atoms with Gasteiger partial charge in [0.05, 0.1) is 25.0 Å². The van der Waals surface area contributed by atoms with E-state index in [1.54, 1.807) is 0 Å². The van der Waals surface area contributed by atoms with Gasteiger partial charge < -0.3 is 19.7 Å².